The molecule has 0 spiro atoms. The van der Waals surface area contributed by atoms with Crippen LogP contribution in [0.2, 0.25) is 5.02 Å². The molecule has 1 aromatic heterocycles. The van der Waals surface area contributed by atoms with Crippen LogP contribution in [0.25, 0.3) is 0 Å². The van der Waals surface area contributed by atoms with E-state index in [0.29, 0.717) is 11.7 Å². The van der Waals surface area contributed by atoms with Gasteiger partial charge in [-0.1, -0.05) is 23.7 Å². The van der Waals surface area contributed by atoms with Gasteiger partial charge in [-0.05, 0) is 49.8 Å². The third-order valence-electron chi connectivity index (χ3n) is 6.94. The number of cyclic esters (lactones) is 1. The predicted molar refractivity (Wildman–Crippen MR) is 125 cm³/mol. The summed E-state index contributed by atoms with van der Waals surface area (Å²) in [6, 6.07) is 7.44. The number of carbonyl (C=O) groups is 2. The smallest absolute Gasteiger partial charge is 0.410 e. The minimum absolute atomic E-state index is 0.00693. The number of nitrogens with zero attached hydrogens (tertiary/aromatic N) is 4. The van der Waals surface area contributed by atoms with Gasteiger partial charge in [-0.2, -0.15) is 5.10 Å². The Hall–Kier alpha value is -2.58. The molecule has 1 atom stereocenters. The number of benzene rings is 1. The summed E-state index contributed by atoms with van der Waals surface area (Å²) < 4.78 is 7.00. The SMILES string of the molecule is Cc1cc(CN2CCC(N3C(=O)OC[C@H]3C(=O)Nc3cc(C4CC4)nn3C)CC2)ccc1Cl. The van der Waals surface area contributed by atoms with Crippen molar-refractivity contribution in [3.8, 4) is 0 Å². The molecule has 1 aromatic carbocycles. The first kappa shape index (κ1) is 22.2. The van der Waals surface area contributed by atoms with Gasteiger partial charge in [-0.25, -0.2) is 4.79 Å². The van der Waals surface area contributed by atoms with Crippen LogP contribution in [0.1, 0.15) is 48.4 Å². The quantitative estimate of drug-likeness (QED) is 0.695. The normalized spacial score (nSPS) is 22.0. The van der Waals surface area contributed by atoms with E-state index in [4.69, 9.17) is 16.3 Å². The van der Waals surface area contributed by atoms with E-state index >= 15 is 0 Å². The molecule has 5 rings (SSSR count). The Balaban J connectivity index is 1.19. The van der Waals surface area contributed by atoms with Crippen molar-refractivity contribution in [2.45, 2.75) is 57.2 Å². The number of piperidine rings is 1. The lowest BCUT2D eigenvalue weighted by Crippen LogP contribution is -2.52. The summed E-state index contributed by atoms with van der Waals surface area (Å²) in [5.41, 5.74) is 3.33. The average Bonchev–Trinajstić information content (AvgIpc) is 3.48. The van der Waals surface area contributed by atoms with Gasteiger partial charge in [-0.15, -0.1) is 0 Å². The number of halogens is 1. The van der Waals surface area contributed by atoms with Crippen molar-refractivity contribution >= 4 is 29.4 Å². The number of nitrogens with one attached hydrogen (secondary N) is 1. The van der Waals surface area contributed by atoms with E-state index in [1.54, 1.807) is 9.58 Å². The summed E-state index contributed by atoms with van der Waals surface area (Å²) in [5.74, 6) is 0.955. The maximum Gasteiger partial charge on any atom is 0.410 e. The summed E-state index contributed by atoms with van der Waals surface area (Å²) in [5, 5.41) is 8.25. The fourth-order valence-corrected chi connectivity index (χ4v) is 4.97. The van der Waals surface area contributed by atoms with Gasteiger partial charge in [0.2, 0.25) is 0 Å². The Morgan fingerprint density at radius 2 is 1.97 bits per heavy atom. The number of amides is 2. The monoisotopic (exact) mass is 471 g/mol. The highest BCUT2D eigenvalue weighted by Gasteiger charge is 2.43. The van der Waals surface area contributed by atoms with Crippen molar-refractivity contribution in [1.29, 1.82) is 0 Å². The van der Waals surface area contributed by atoms with Crippen LogP contribution in [0.3, 0.4) is 0 Å². The molecule has 1 N–H and O–H groups in total. The van der Waals surface area contributed by atoms with Crippen molar-refractivity contribution in [3.63, 3.8) is 0 Å². The third-order valence-corrected chi connectivity index (χ3v) is 7.36. The minimum atomic E-state index is -0.618. The van der Waals surface area contributed by atoms with Crippen LogP contribution in [-0.4, -0.2) is 63.4 Å². The lowest BCUT2D eigenvalue weighted by atomic mass is 10.0. The molecule has 3 fully saturated rings. The topological polar surface area (TPSA) is 79.7 Å². The second kappa shape index (κ2) is 8.99. The van der Waals surface area contributed by atoms with Crippen LogP contribution in [-0.2, 0) is 23.1 Å². The molecule has 2 saturated heterocycles. The van der Waals surface area contributed by atoms with Gasteiger partial charge in [0.25, 0.3) is 5.91 Å². The van der Waals surface area contributed by atoms with Crippen LogP contribution in [0, 0.1) is 6.92 Å². The van der Waals surface area contributed by atoms with Crippen LogP contribution in [0.15, 0.2) is 24.3 Å². The Morgan fingerprint density at radius 1 is 1.21 bits per heavy atom. The lowest BCUT2D eigenvalue weighted by molar-refractivity contribution is -0.120. The van der Waals surface area contributed by atoms with Gasteiger partial charge in [-0.3, -0.25) is 19.3 Å². The van der Waals surface area contributed by atoms with Crippen LogP contribution in [0.4, 0.5) is 10.6 Å². The zero-order valence-corrected chi connectivity index (χ0v) is 19.8. The van der Waals surface area contributed by atoms with Crippen molar-refractivity contribution in [1.82, 2.24) is 19.6 Å². The van der Waals surface area contributed by atoms with Gasteiger partial charge < -0.3 is 10.1 Å². The van der Waals surface area contributed by atoms with Crippen LogP contribution in [0.5, 0.6) is 0 Å². The molecule has 176 valence electrons. The number of carbonyl (C=O) groups excluding carboxylic acids is 2. The standard InChI is InChI=1S/C24H30ClN5O3/c1-15-11-16(3-6-19(15)25)13-29-9-7-18(8-10-29)30-21(14-33-24(30)32)23(31)26-22-12-20(17-4-5-17)27-28(22)2/h3,6,11-12,17-18,21H,4-5,7-10,13-14H2,1-2H3,(H,26,31)/t21-/m0/s1. The molecule has 8 nitrogen and oxygen atoms in total. The maximum atomic E-state index is 13.1. The molecule has 1 aliphatic carbocycles. The summed E-state index contributed by atoms with van der Waals surface area (Å²) in [4.78, 5) is 29.6. The van der Waals surface area contributed by atoms with E-state index < -0.39 is 12.1 Å². The summed E-state index contributed by atoms with van der Waals surface area (Å²) in [6.45, 7) is 4.67. The van der Waals surface area contributed by atoms with Crippen LogP contribution >= 0.6 is 11.6 Å². The van der Waals surface area contributed by atoms with Crippen molar-refractivity contribution in [2.24, 2.45) is 7.05 Å². The molecule has 33 heavy (non-hydrogen) atoms. The maximum absolute atomic E-state index is 13.1. The first-order chi connectivity index (χ1) is 15.9. The van der Waals surface area contributed by atoms with Gasteiger partial charge in [0.05, 0.1) is 5.69 Å². The Kier molecular flexibility index (Phi) is 6.05. The van der Waals surface area contributed by atoms with Gasteiger partial charge in [0.1, 0.15) is 18.5 Å². The first-order valence-electron chi connectivity index (χ1n) is 11.7. The highest BCUT2D eigenvalue weighted by Crippen LogP contribution is 2.40. The van der Waals surface area contributed by atoms with E-state index in [0.717, 1.165) is 61.6 Å². The third kappa shape index (κ3) is 4.73. The molecular weight excluding hydrogens is 442 g/mol. The number of anilines is 1. The molecular formula is C24H30ClN5O3. The number of hydrogen-bond acceptors (Lipinski definition) is 5. The largest absolute Gasteiger partial charge is 0.447 e. The zero-order chi connectivity index (χ0) is 23.1. The highest BCUT2D eigenvalue weighted by molar-refractivity contribution is 6.31. The van der Waals surface area contributed by atoms with Gasteiger partial charge in [0.15, 0.2) is 0 Å². The van der Waals surface area contributed by atoms with E-state index in [9.17, 15) is 9.59 Å². The Bertz CT molecular complexity index is 1060. The molecule has 2 amide bonds. The number of aryl methyl sites for hydroxylation is 2. The molecule has 9 heteroatoms. The van der Waals surface area contributed by atoms with E-state index in [1.807, 2.05) is 26.1 Å². The average molecular weight is 472 g/mol. The van der Waals surface area contributed by atoms with E-state index in [2.05, 4.69) is 27.4 Å². The minimum Gasteiger partial charge on any atom is -0.447 e. The second-order valence-corrected chi connectivity index (χ2v) is 9.84. The zero-order valence-electron chi connectivity index (χ0n) is 19.1. The number of hydrogen-bond donors (Lipinski definition) is 1. The van der Waals surface area contributed by atoms with Crippen molar-refractivity contribution in [3.05, 3.63) is 46.1 Å². The molecule has 1 saturated carbocycles. The molecule has 0 radical (unpaired) electrons. The van der Waals surface area contributed by atoms with Crippen LogP contribution < -0.4 is 5.32 Å². The van der Waals surface area contributed by atoms with Crippen molar-refractivity contribution < 1.29 is 14.3 Å². The van der Waals surface area contributed by atoms with E-state index in [1.165, 1.54) is 5.56 Å². The highest BCUT2D eigenvalue weighted by atomic mass is 35.5. The predicted octanol–water partition coefficient (Wildman–Crippen LogP) is 3.68. The first-order valence-corrected chi connectivity index (χ1v) is 12.0. The molecule has 3 aliphatic rings. The summed E-state index contributed by atoms with van der Waals surface area (Å²) in [6.07, 6.45) is 3.52. The lowest BCUT2D eigenvalue weighted by Gasteiger charge is -2.37. The number of likely N-dealkylation sites (tertiary alicyclic amines) is 1. The fourth-order valence-electron chi connectivity index (χ4n) is 4.85. The number of ether oxygens (including phenoxy) is 1. The number of aromatic nitrogens is 2. The molecule has 2 aliphatic heterocycles. The van der Waals surface area contributed by atoms with Gasteiger partial charge >= 0.3 is 6.09 Å². The molecule has 0 bridgehead atoms. The van der Waals surface area contributed by atoms with E-state index in [-0.39, 0.29) is 18.6 Å². The molecule has 0 unspecified atom stereocenters. The fraction of sp³-hybridized carbons (Fsp3) is 0.542. The Morgan fingerprint density at radius 3 is 2.67 bits per heavy atom. The summed E-state index contributed by atoms with van der Waals surface area (Å²) in [7, 11) is 1.83. The number of rotatable bonds is 6. The van der Waals surface area contributed by atoms with Gasteiger partial charge in [0, 0.05) is 49.7 Å². The Labute approximate surface area is 198 Å². The summed E-state index contributed by atoms with van der Waals surface area (Å²) >= 11 is 6.15. The molecule has 2 aromatic rings. The second-order valence-electron chi connectivity index (χ2n) is 9.43. The molecule has 3 heterocycles. The van der Waals surface area contributed by atoms with Crippen molar-refractivity contribution in [2.75, 3.05) is 25.0 Å².